The normalized spacial score (nSPS) is 22.2. The zero-order valence-corrected chi connectivity index (χ0v) is 16.5. The topological polar surface area (TPSA) is 114 Å². The number of carbonyl (C=O) groups excluding carboxylic acids is 1. The number of hydrogen-bond donors (Lipinski definition) is 2. The lowest BCUT2D eigenvalue weighted by molar-refractivity contribution is 0.0778. The number of fused-ring (bicyclic) bond motifs is 1. The van der Waals surface area contributed by atoms with Gasteiger partial charge >= 0.3 is 5.69 Å². The van der Waals surface area contributed by atoms with Crippen LogP contribution in [0.2, 0.25) is 0 Å². The van der Waals surface area contributed by atoms with Gasteiger partial charge in [0, 0.05) is 31.2 Å². The summed E-state index contributed by atoms with van der Waals surface area (Å²) in [6, 6.07) is 1.76. The smallest absolute Gasteiger partial charge is 0.329 e. The van der Waals surface area contributed by atoms with Crippen molar-refractivity contribution < 1.29 is 4.79 Å². The standard InChI is InChI=1S/C20H27N5O3/c1-3-7-25-16-15(17(26)23-19(25)28)13(9-14(22-16)12-4-5-12)18(27)24-8-6-20(2,10-21)11-24/h9,12H,3-8,10-11,21H2,1-2H3,(H,23,26,28). The van der Waals surface area contributed by atoms with Crippen LogP contribution in [0.5, 0.6) is 0 Å². The minimum Gasteiger partial charge on any atom is -0.338 e. The molecule has 1 saturated carbocycles. The number of likely N-dealkylation sites (tertiary alicyclic amines) is 1. The Morgan fingerprint density at radius 3 is 2.75 bits per heavy atom. The Labute approximate surface area is 162 Å². The number of nitrogens with zero attached hydrogens (tertiary/aromatic N) is 3. The molecule has 0 radical (unpaired) electrons. The van der Waals surface area contributed by atoms with Crippen molar-refractivity contribution in [3.05, 3.63) is 38.2 Å². The van der Waals surface area contributed by atoms with Crippen molar-refractivity contribution in [3.63, 3.8) is 0 Å². The highest BCUT2D eigenvalue weighted by atomic mass is 16.2. The molecular weight excluding hydrogens is 358 g/mol. The lowest BCUT2D eigenvalue weighted by Crippen LogP contribution is -2.36. The number of nitrogens with two attached hydrogens (primary N) is 1. The highest BCUT2D eigenvalue weighted by molar-refractivity contribution is 6.05. The van der Waals surface area contributed by atoms with Crippen LogP contribution in [0.1, 0.15) is 61.5 Å². The van der Waals surface area contributed by atoms with Gasteiger partial charge in [0.1, 0.15) is 0 Å². The summed E-state index contributed by atoms with van der Waals surface area (Å²) in [7, 11) is 0. The minimum absolute atomic E-state index is 0.103. The molecule has 0 bridgehead atoms. The van der Waals surface area contributed by atoms with Gasteiger partial charge in [-0.2, -0.15) is 0 Å². The number of aromatic nitrogens is 3. The Kier molecular flexibility index (Phi) is 4.61. The highest BCUT2D eigenvalue weighted by Gasteiger charge is 2.37. The molecule has 1 aliphatic carbocycles. The van der Waals surface area contributed by atoms with Gasteiger partial charge in [-0.3, -0.25) is 19.1 Å². The third-order valence-corrected chi connectivity index (χ3v) is 5.98. The van der Waals surface area contributed by atoms with Crippen molar-refractivity contribution in [1.82, 2.24) is 19.4 Å². The van der Waals surface area contributed by atoms with E-state index < -0.39 is 11.2 Å². The number of H-pyrrole nitrogens is 1. The van der Waals surface area contributed by atoms with Crippen molar-refractivity contribution >= 4 is 16.9 Å². The zero-order chi connectivity index (χ0) is 20.1. The molecule has 3 N–H and O–H groups in total. The summed E-state index contributed by atoms with van der Waals surface area (Å²) in [6.45, 7) is 6.16. The Morgan fingerprint density at radius 1 is 1.39 bits per heavy atom. The lowest BCUT2D eigenvalue weighted by Gasteiger charge is -2.23. The Balaban J connectivity index is 1.90. The van der Waals surface area contributed by atoms with E-state index in [2.05, 4.69) is 16.9 Å². The van der Waals surface area contributed by atoms with Crippen molar-refractivity contribution in [2.24, 2.45) is 11.1 Å². The fourth-order valence-corrected chi connectivity index (χ4v) is 4.02. The maximum absolute atomic E-state index is 13.4. The first-order valence-electron chi connectivity index (χ1n) is 10.0. The van der Waals surface area contributed by atoms with E-state index in [1.165, 1.54) is 4.57 Å². The number of amides is 1. The van der Waals surface area contributed by atoms with Gasteiger partial charge < -0.3 is 10.6 Å². The molecule has 0 aromatic carbocycles. The first-order chi connectivity index (χ1) is 13.4. The molecule has 2 aliphatic rings. The summed E-state index contributed by atoms with van der Waals surface area (Å²) in [5, 5.41) is 0.212. The molecule has 4 rings (SSSR count). The second kappa shape index (κ2) is 6.84. The van der Waals surface area contributed by atoms with Gasteiger partial charge in [0.2, 0.25) is 0 Å². The zero-order valence-electron chi connectivity index (χ0n) is 16.5. The average Bonchev–Trinajstić information content (AvgIpc) is 3.45. The van der Waals surface area contributed by atoms with E-state index >= 15 is 0 Å². The summed E-state index contributed by atoms with van der Waals surface area (Å²) in [4.78, 5) is 47.2. The van der Waals surface area contributed by atoms with Crippen LogP contribution < -0.4 is 17.0 Å². The maximum Gasteiger partial charge on any atom is 0.329 e. The molecule has 1 unspecified atom stereocenters. The van der Waals surface area contributed by atoms with E-state index in [0.29, 0.717) is 43.3 Å². The summed E-state index contributed by atoms with van der Waals surface area (Å²) >= 11 is 0. The molecule has 1 saturated heterocycles. The summed E-state index contributed by atoms with van der Waals surface area (Å²) in [5.41, 5.74) is 6.22. The number of pyridine rings is 1. The predicted octanol–water partition coefficient (Wildman–Crippen LogP) is 1.18. The van der Waals surface area contributed by atoms with Gasteiger partial charge in [0.05, 0.1) is 10.9 Å². The van der Waals surface area contributed by atoms with E-state index in [9.17, 15) is 14.4 Å². The van der Waals surface area contributed by atoms with E-state index in [4.69, 9.17) is 5.73 Å². The largest absolute Gasteiger partial charge is 0.338 e. The fraction of sp³-hybridized carbons (Fsp3) is 0.600. The molecule has 2 aromatic heterocycles. The third-order valence-electron chi connectivity index (χ3n) is 5.98. The molecule has 1 amide bonds. The molecule has 2 aromatic rings. The number of rotatable bonds is 5. The van der Waals surface area contributed by atoms with Gasteiger partial charge in [-0.25, -0.2) is 9.78 Å². The molecule has 3 heterocycles. The lowest BCUT2D eigenvalue weighted by atomic mass is 9.90. The Hall–Kier alpha value is -2.48. The molecule has 8 nitrogen and oxygen atoms in total. The minimum atomic E-state index is -0.550. The highest BCUT2D eigenvalue weighted by Crippen LogP contribution is 2.40. The molecule has 1 atom stereocenters. The van der Waals surface area contributed by atoms with Crippen molar-refractivity contribution in [2.75, 3.05) is 19.6 Å². The van der Waals surface area contributed by atoms with Crippen LogP contribution >= 0.6 is 0 Å². The average molecular weight is 385 g/mol. The number of aromatic amines is 1. The predicted molar refractivity (Wildman–Crippen MR) is 107 cm³/mol. The van der Waals surface area contributed by atoms with Gasteiger partial charge in [0.25, 0.3) is 11.5 Å². The van der Waals surface area contributed by atoms with Crippen LogP contribution in [0.4, 0.5) is 0 Å². The first kappa shape index (κ1) is 18.9. The van der Waals surface area contributed by atoms with Gasteiger partial charge in [-0.1, -0.05) is 13.8 Å². The van der Waals surface area contributed by atoms with Crippen LogP contribution in [0.3, 0.4) is 0 Å². The van der Waals surface area contributed by atoms with Crippen LogP contribution in [0.25, 0.3) is 11.0 Å². The van der Waals surface area contributed by atoms with Gasteiger partial charge in [-0.05, 0) is 43.7 Å². The third kappa shape index (κ3) is 3.15. The van der Waals surface area contributed by atoms with Crippen LogP contribution in [-0.2, 0) is 6.54 Å². The Bertz CT molecular complexity index is 1050. The van der Waals surface area contributed by atoms with E-state index in [1.807, 2.05) is 6.92 Å². The molecule has 2 fully saturated rings. The van der Waals surface area contributed by atoms with Crippen LogP contribution in [-0.4, -0.2) is 45.0 Å². The number of aryl methyl sites for hydroxylation is 1. The molecular formula is C20H27N5O3. The SMILES string of the molecule is CCCn1c(=O)[nH]c(=O)c2c(C(=O)N3CCC(C)(CN)C3)cc(C3CC3)nc21. The second-order valence-electron chi connectivity index (χ2n) is 8.47. The van der Waals surface area contributed by atoms with Crippen LogP contribution in [0, 0.1) is 5.41 Å². The van der Waals surface area contributed by atoms with Gasteiger partial charge in [-0.15, -0.1) is 0 Å². The van der Waals surface area contributed by atoms with Crippen molar-refractivity contribution in [3.8, 4) is 0 Å². The van der Waals surface area contributed by atoms with E-state index in [-0.39, 0.29) is 16.7 Å². The second-order valence-corrected chi connectivity index (χ2v) is 8.47. The first-order valence-corrected chi connectivity index (χ1v) is 10.0. The number of nitrogens with one attached hydrogen (secondary N) is 1. The number of carbonyl (C=O) groups is 1. The van der Waals surface area contributed by atoms with Crippen molar-refractivity contribution in [2.45, 2.75) is 52.0 Å². The van der Waals surface area contributed by atoms with Crippen LogP contribution in [0.15, 0.2) is 15.7 Å². The van der Waals surface area contributed by atoms with E-state index in [0.717, 1.165) is 31.4 Å². The van der Waals surface area contributed by atoms with Crippen molar-refractivity contribution in [1.29, 1.82) is 0 Å². The molecule has 8 heteroatoms. The maximum atomic E-state index is 13.4. The van der Waals surface area contributed by atoms with Gasteiger partial charge in [0.15, 0.2) is 5.65 Å². The molecule has 0 spiro atoms. The quantitative estimate of drug-likeness (QED) is 0.802. The summed E-state index contributed by atoms with van der Waals surface area (Å²) in [5.74, 6) is 0.118. The molecule has 28 heavy (non-hydrogen) atoms. The summed E-state index contributed by atoms with van der Waals surface area (Å²) in [6.07, 6.45) is 3.59. The van der Waals surface area contributed by atoms with E-state index in [1.54, 1.807) is 11.0 Å². The summed E-state index contributed by atoms with van der Waals surface area (Å²) < 4.78 is 1.48. The monoisotopic (exact) mass is 385 g/mol. The Morgan fingerprint density at radius 2 is 2.14 bits per heavy atom. The number of hydrogen-bond acceptors (Lipinski definition) is 5. The molecule has 1 aliphatic heterocycles. The molecule has 150 valence electrons. The fourth-order valence-electron chi connectivity index (χ4n) is 4.02.